The molecule has 1 aliphatic carbocycles. The van der Waals surface area contributed by atoms with Crippen molar-refractivity contribution >= 4 is 11.3 Å². The van der Waals surface area contributed by atoms with Crippen LogP contribution in [0, 0.1) is 0 Å². The van der Waals surface area contributed by atoms with Crippen LogP contribution in [-0.4, -0.2) is 13.7 Å². The molecule has 0 aromatic carbocycles. The van der Waals surface area contributed by atoms with E-state index in [2.05, 4.69) is 29.8 Å². The quantitative estimate of drug-likeness (QED) is 0.774. The molecule has 0 amide bonds. The van der Waals surface area contributed by atoms with E-state index in [1.807, 2.05) is 0 Å². The van der Waals surface area contributed by atoms with Gasteiger partial charge in [-0.1, -0.05) is 18.6 Å². The summed E-state index contributed by atoms with van der Waals surface area (Å²) in [5.41, 5.74) is 1.56. The Kier molecular flexibility index (Phi) is 4.63. The normalized spacial score (nSPS) is 16.9. The lowest BCUT2D eigenvalue weighted by Crippen LogP contribution is -2.22. The van der Waals surface area contributed by atoms with Gasteiger partial charge in [-0.2, -0.15) is 0 Å². The molecular weight excluding hydrogens is 230 g/mol. The number of allylic oxidation sites excluding steroid dienone is 1. The second-order valence-electron chi connectivity index (χ2n) is 4.45. The van der Waals surface area contributed by atoms with Crippen LogP contribution in [-0.2, 0) is 0 Å². The molecule has 2 nitrogen and oxygen atoms in total. The molecule has 0 spiro atoms. The molecule has 1 unspecified atom stereocenters. The molecule has 1 aromatic rings. The van der Waals surface area contributed by atoms with Crippen molar-refractivity contribution in [1.82, 2.24) is 5.32 Å². The Morgan fingerprint density at radius 3 is 3.00 bits per heavy atom. The van der Waals surface area contributed by atoms with Crippen LogP contribution in [0.1, 0.15) is 43.5 Å². The number of methoxy groups -OCH3 is 1. The maximum atomic E-state index is 5.28. The Bertz CT molecular complexity index is 383. The van der Waals surface area contributed by atoms with Crippen molar-refractivity contribution in [2.75, 3.05) is 13.7 Å². The number of nitrogens with one attached hydrogen (secondary N) is 1. The summed E-state index contributed by atoms with van der Waals surface area (Å²) in [5, 5.41) is 5.74. The third-order valence-corrected chi connectivity index (χ3v) is 4.14. The predicted molar refractivity (Wildman–Crippen MR) is 73.8 cm³/mol. The van der Waals surface area contributed by atoms with Crippen LogP contribution in [0.15, 0.2) is 23.1 Å². The second kappa shape index (κ2) is 6.22. The van der Waals surface area contributed by atoms with Gasteiger partial charge in [-0.15, -0.1) is 11.3 Å². The highest BCUT2D eigenvalue weighted by molar-refractivity contribution is 7.10. The van der Waals surface area contributed by atoms with Gasteiger partial charge in [0.05, 0.1) is 13.2 Å². The van der Waals surface area contributed by atoms with E-state index in [-0.39, 0.29) is 0 Å². The Balaban J connectivity index is 2.13. The summed E-state index contributed by atoms with van der Waals surface area (Å²) in [6, 6.07) is 2.57. The number of thiophene rings is 1. The van der Waals surface area contributed by atoms with Gasteiger partial charge < -0.3 is 10.1 Å². The predicted octanol–water partition coefficient (Wildman–Crippen LogP) is 3.91. The minimum atomic E-state index is 0.409. The highest BCUT2D eigenvalue weighted by Gasteiger charge is 2.20. The lowest BCUT2D eigenvalue weighted by atomic mass is 10.0. The molecule has 0 saturated heterocycles. The van der Waals surface area contributed by atoms with Crippen LogP contribution in [0.3, 0.4) is 0 Å². The summed E-state index contributed by atoms with van der Waals surface area (Å²) in [6.07, 6.45) is 7.36. The maximum absolute atomic E-state index is 5.28. The molecule has 1 atom stereocenters. The van der Waals surface area contributed by atoms with E-state index in [1.165, 1.54) is 30.6 Å². The van der Waals surface area contributed by atoms with Gasteiger partial charge in [0.2, 0.25) is 0 Å². The van der Waals surface area contributed by atoms with E-state index in [1.54, 1.807) is 24.0 Å². The standard InChI is InChI=1S/C14H21NOS/c1-3-8-15-14(11-6-4-5-7-11)13-9-12(16-2)10-17-13/h6,9-10,14-15H,3-5,7-8H2,1-2H3. The fourth-order valence-corrected chi connectivity index (χ4v) is 3.23. The largest absolute Gasteiger partial charge is 0.496 e. The molecule has 1 N–H and O–H groups in total. The van der Waals surface area contributed by atoms with Crippen molar-refractivity contribution in [3.8, 4) is 5.75 Å². The molecule has 0 fully saturated rings. The molecule has 1 heterocycles. The third kappa shape index (κ3) is 3.11. The summed E-state index contributed by atoms with van der Waals surface area (Å²) in [7, 11) is 1.73. The average molecular weight is 251 g/mol. The average Bonchev–Trinajstić information content (AvgIpc) is 3.00. The molecule has 1 aliphatic rings. The zero-order valence-electron chi connectivity index (χ0n) is 10.7. The summed E-state index contributed by atoms with van der Waals surface area (Å²) >= 11 is 1.79. The molecule has 0 saturated carbocycles. The van der Waals surface area contributed by atoms with Crippen LogP contribution in [0.4, 0.5) is 0 Å². The Hall–Kier alpha value is -0.800. The van der Waals surface area contributed by atoms with E-state index in [0.717, 1.165) is 12.3 Å². The first kappa shape index (κ1) is 12.7. The minimum Gasteiger partial charge on any atom is -0.496 e. The Morgan fingerprint density at radius 1 is 1.53 bits per heavy atom. The van der Waals surface area contributed by atoms with Gasteiger partial charge in [0.25, 0.3) is 0 Å². The lowest BCUT2D eigenvalue weighted by Gasteiger charge is -2.18. The summed E-state index contributed by atoms with van der Waals surface area (Å²) in [6.45, 7) is 3.28. The highest BCUT2D eigenvalue weighted by Crippen LogP contribution is 2.35. The lowest BCUT2D eigenvalue weighted by molar-refractivity contribution is 0.416. The van der Waals surface area contributed by atoms with Gasteiger partial charge in [-0.25, -0.2) is 0 Å². The molecule has 94 valence electrons. The minimum absolute atomic E-state index is 0.409. The van der Waals surface area contributed by atoms with Crippen LogP contribution in [0.25, 0.3) is 0 Å². The van der Waals surface area contributed by atoms with Crippen LogP contribution in [0.2, 0.25) is 0 Å². The summed E-state index contributed by atoms with van der Waals surface area (Å²) < 4.78 is 5.28. The molecule has 0 bridgehead atoms. The van der Waals surface area contributed by atoms with Crippen molar-refractivity contribution < 1.29 is 4.74 Å². The fourth-order valence-electron chi connectivity index (χ4n) is 2.25. The van der Waals surface area contributed by atoms with Gasteiger partial charge in [0.15, 0.2) is 0 Å². The van der Waals surface area contributed by atoms with Crippen molar-refractivity contribution in [1.29, 1.82) is 0 Å². The van der Waals surface area contributed by atoms with Crippen molar-refractivity contribution in [3.05, 3.63) is 28.0 Å². The third-order valence-electron chi connectivity index (χ3n) is 3.16. The summed E-state index contributed by atoms with van der Waals surface area (Å²) in [5.74, 6) is 0.979. The van der Waals surface area contributed by atoms with Gasteiger partial charge >= 0.3 is 0 Å². The molecule has 17 heavy (non-hydrogen) atoms. The van der Waals surface area contributed by atoms with E-state index in [0.29, 0.717) is 6.04 Å². The van der Waals surface area contributed by atoms with Crippen LogP contribution >= 0.6 is 11.3 Å². The number of ether oxygens (including phenoxy) is 1. The van der Waals surface area contributed by atoms with E-state index in [9.17, 15) is 0 Å². The van der Waals surface area contributed by atoms with Crippen LogP contribution in [0.5, 0.6) is 5.75 Å². The smallest absolute Gasteiger partial charge is 0.129 e. The van der Waals surface area contributed by atoms with Gasteiger partial charge in [0.1, 0.15) is 5.75 Å². The fraction of sp³-hybridized carbons (Fsp3) is 0.571. The van der Waals surface area contributed by atoms with E-state index in [4.69, 9.17) is 4.74 Å². The van der Waals surface area contributed by atoms with Crippen molar-refractivity contribution in [2.45, 2.75) is 38.6 Å². The Labute approximate surface area is 108 Å². The van der Waals surface area contributed by atoms with Gasteiger partial charge in [-0.3, -0.25) is 0 Å². The molecule has 0 radical (unpaired) electrons. The van der Waals surface area contributed by atoms with E-state index < -0.39 is 0 Å². The Morgan fingerprint density at radius 2 is 2.41 bits per heavy atom. The van der Waals surface area contributed by atoms with E-state index >= 15 is 0 Å². The zero-order valence-corrected chi connectivity index (χ0v) is 11.5. The molecular formula is C14H21NOS. The number of hydrogen-bond acceptors (Lipinski definition) is 3. The molecule has 3 heteroatoms. The first-order valence-electron chi connectivity index (χ1n) is 6.40. The second-order valence-corrected chi connectivity index (χ2v) is 5.39. The van der Waals surface area contributed by atoms with Gasteiger partial charge in [0, 0.05) is 10.3 Å². The monoisotopic (exact) mass is 251 g/mol. The number of hydrogen-bond donors (Lipinski definition) is 1. The number of rotatable bonds is 6. The SMILES string of the molecule is CCCNC(C1=CCCC1)c1cc(OC)cs1. The first-order chi connectivity index (χ1) is 8.35. The van der Waals surface area contributed by atoms with Gasteiger partial charge in [-0.05, 0) is 38.3 Å². The van der Waals surface area contributed by atoms with Crippen molar-refractivity contribution in [3.63, 3.8) is 0 Å². The highest BCUT2D eigenvalue weighted by atomic mass is 32.1. The van der Waals surface area contributed by atoms with Crippen LogP contribution < -0.4 is 10.1 Å². The zero-order chi connectivity index (χ0) is 12.1. The topological polar surface area (TPSA) is 21.3 Å². The molecule has 0 aliphatic heterocycles. The molecule has 2 rings (SSSR count). The molecule has 1 aromatic heterocycles. The maximum Gasteiger partial charge on any atom is 0.129 e. The summed E-state index contributed by atoms with van der Waals surface area (Å²) in [4.78, 5) is 1.38. The first-order valence-corrected chi connectivity index (χ1v) is 7.28. The van der Waals surface area contributed by atoms with Crippen molar-refractivity contribution in [2.24, 2.45) is 0 Å².